The molecule has 0 saturated heterocycles. The lowest BCUT2D eigenvalue weighted by molar-refractivity contribution is 0.426. The maximum Gasteiger partial charge on any atom is 0.488 e. The topological polar surface area (TPSA) is 45.4 Å². The smallest absolute Gasteiger partial charge is 0.423 e. The first-order valence-electron chi connectivity index (χ1n) is 10.0. The molecule has 3 nitrogen and oxygen atoms in total. The summed E-state index contributed by atoms with van der Waals surface area (Å²) in [6.07, 6.45) is 0. The molecular weight excluding hydrogens is 369 g/mol. The van der Waals surface area contributed by atoms with Crippen molar-refractivity contribution in [2.24, 2.45) is 0 Å². The van der Waals surface area contributed by atoms with Crippen molar-refractivity contribution in [1.29, 1.82) is 0 Å². The van der Waals surface area contributed by atoms with E-state index in [0.717, 1.165) is 11.2 Å². The van der Waals surface area contributed by atoms with Crippen molar-refractivity contribution in [2.45, 2.75) is 0 Å². The highest BCUT2D eigenvalue weighted by Crippen LogP contribution is 2.41. The molecule has 0 aliphatic heterocycles. The van der Waals surface area contributed by atoms with Crippen molar-refractivity contribution in [1.82, 2.24) is 4.57 Å². The molecular formula is C26H18BNO2. The Balaban J connectivity index is 1.87. The van der Waals surface area contributed by atoms with E-state index in [1.165, 1.54) is 37.8 Å². The highest BCUT2D eigenvalue weighted by molar-refractivity contribution is 6.58. The van der Waals surface area contributed by atoms with E-state index in [1.54, 1.807) is 12.1 Å². The second kappa shape index (κ2) is 6.46. The molecule has 0 bridgehead atoms. The van der Waals surface area contributed by atoms with Gasteiger partial charge in [-0.05, 0) is 39.8 Å². The van der Waals surface area contributed by atoms with Gasteiger partial charge >= 0.3 is 7.12 Å². The van der Waals surface area contributed by atoms with Gasteiger partial charge in [-0.25, -0.2) is 0 Å². The molecule has 2 N–H and O–H groups in total. The van der Waals surface area contributed by atoms with Crippen LogP contribution in [0, 0.1) is 0 Å². The minimum atomic E-state index is -1.47. The third kappa shape index (κ3) is 2.35. The molecule has 1 heterocycles. The first-order chi connectivity index (χ1) is 14.7. The van der Waals surface area contributed by atoms with Crippen LogP contribution in [0.1, 0.15) is 0 Å². The van der Waals surface area contributed by atoms with Crippen LogP contribution >= 0.6 is 0 Å². The molecule has 6 aromatic rings. The maximum atomic E-state index is 9.50. The van der Waals surface area contributed by atoms with Gasteiger partial charge in [0, 0.05) is 21.8 Å². The predicted molar refractivity (Wildman–Crippen MR) is 126 cm³/mol. The quantitative estimate of drug-likeness (QED) is 0.332. The molecule has 0 radical (unpaired) electrons. The van der Waals surface area contributed by atoms with Crippen LogP contribution in [0.25, 0.3) is 49.0 Å². The Morgan fingerprint density at radius 2 is 1.07 bits per heavy atom. The van der Waals surface area contributed by atoms with Crippen LogP contribution in [0.3, 0.4) is 0 Å². The van der Waals surface area contributed by atoms with E-state index < -0.39 is 7.12 Å². The molecule has 4 heteroatoms. The molecule has 0 amide bonds. The Morgan fingerprint density at radius 1 is 0.533 bits per heavy atom. The molecule has 0 saturated carbocycles. The lowest BCUT2D eigenvalue weighted by atomic mass is 9.80. The average Bonchev–Trinajstić information content (AvgIpc) is 3.15. The van der Waals surface area contributed by atoms with Crippen molar-refractivity contribution >= 4 is 55.9 Å². The van der Waals surface area contributed by atoms with Gasteiger partial charge in [0.15, 0.2) is 0 Å². The van der Waals surface area contributed by atoms with Gasteiger partial charge in [-0.2, -0.15) is 0 Å². The Labute approximate surface area is 173 Å². The number of rotatable bonds is 2. The van der Waals surface area contributed by atoms with Crippen molar-refractivity contribution in [3.8, 4) is 5.69 Å². The summed E-state index contributed by atoms with van der Waals surface area (Å²) in [4.78, 5) is 0. The number of benzene rings is 5. The molecule has 0 unspecified atom stereocenters. The van der Waals surface area contributed by atoms with Gasteiger partial charge in [-0.3, -0.25) is 0 Å². The molecule has 0 fully saturated rings. The monoisotopic (exact) mass is 387 g/mol. The highest BCUT2D eigenvalue weighted by atomic mass is 16.4. The van der Waals surface area contributed by atoms with Gasteiger partial charge in [0.05, 0.1) is 11.0 Å². The summed E-state index contributed by atoms with van der Waals surface area (Å²) in [7, 11) is -1.47. The van der Waals surface area contributed by atoms with Crippen molar-refractivity contribution in [2.75, 3.05) is 0 Å². The summed E-state index contributed by atoms with van der Waals surface area (Å²) < 4.78 is 2.28. The second-order valence-electron chi connectivity index (χ2n) is 7.63. The number of fused-ring (bicyclic) bond motifs is 8. The van der Waals surface area contributed by atoms with Gasteiger partial charge in [-0.15, -0.1) is 0 Å². The van der Waals surface area contributed by atoms with Gasteiger partial charge in [0.2, 0.25) is 0 Å². The Hall–Kier alpha value is -3.60. The standard InChI is InChI=1S/C26H18BNO2/c29-27(30)17-13-15-18(16-14-17)28-24-12-6-5-11-23(24)25-21-9-3-1-7-19(21)20-8-2-4-10-22(20)26(25)28/h1-16,29-30H. The third-order valence-electron chi connectivity index (χ3n) is 5.99. The van der Waals surface area contributed by atoms with Crippen LogP contribution in [0.4, 0.5) is 0 Å². The van der Waals surface area contributed by atoms with E-state index in [4.69, 9.17) is 0 Å². The number of hydrogen-bond donors (Lipinski definition) is 2. The fourth-order valence-corrected chi connectivity index (χ4v) is 4.69. The molecule has 0 aliphatic carbocycles. The normalized spacial score (nSPS) is 11.7. The minimum Gasteiger partial charge on any atom is -0.423 e. The summed E-state index contributed by atoms with van der Waals surface area (Å²) in [6, 6.07) is 33.0. The number of hydrogen-bond acceptors (Lipinski definition) is 2. The predicted octanol–water partition coefficient (Wildman–Crippen LogP) is 4.77. The summed E-state index contributed by atoms with van der Waals surface area (Å²) >= 11 is 0. The van der Waals surface area contributed by atoms with Gasteiger partial charge in [0.1, 0.15) is 0 Å². The molecule has 1 aromatic heterocycles. The molecule has 0 spiro atoms. The Bertz CT molecular complexity index is 1570. The highest BCUT2D eigenvalue weighted by Gasteiger charge is 2.18. The van der Waals surface area contributed by atoms with Crippen molar-refractivity contribution in [3.63, 3.8) is 0 Å². The number of aromatic nitrogens is 1. The van der Waals surface area contributed by atoms with E-state index in [0.29, 0.717) is 5.46 Å². The van der Waals surface area contributed by atoms with Crippen LogP contribution in [-0.2, 0) is 0 Å². The summed E-state index contributed by atoms with van der Waals surface area (Å²) in [5, 5.41) is 26.4. The first kappa shape index (κ1) is 17.3. The van der Waals surface area contributed by atoms with Gasteiger partial charge < -0.3 is 14.6 Å². The molecule has 30 heavy (non-hydrogen) atoms. The van der Waals surface area contributed by atoms with Crippen LogP contribution in [0.15, 0.2) is 97.1 Å². The van der Waals surface area contributed by atoms with E-state index in [9.17, 15) is 10.0 Å². The fourth-order valence-electron chi connectivity index (χ4n) is 4.69. The van der Waals surface area contributed by atoms with Crippen molar-refractivity contribution in [3.05, 3.63) is 97.1 Å². The van der Waals surface area contributed by atoms with Crippen LogP contribution < -0.4 is 5.46 Å². The molecule has 6 rings (SSSR count). The minimum absolute atomic E-state index is 0.481. The van der Waals surface area contributed by atoms with Gasteiger partial charge in [0.25, 0.3) is 0 Å². The molecule has 142 valence electrons. The van der Waals surface area contributed by atoms with E-state index >= 15 is 0 Å². The zero-order valence-electron chi connectivity index (χ0n) is 16.2. The average molecular weight is 387 g/mol. The van der Waals surface area contributed by atoms with Gasteiger partial charge in [-0.1, -0.05) is 78.9 Å². The van der Waals surface area contributed by atoms with E-state index in [-0.39, 0.29) is 0 Å². The summed E-state index contributed by atoms with van der Waals surface area (Å²) in [5.74, 6) is 0. The Morgan fingerprint density at radius 3 is 1.73 bits per heavy atom. The largest absolute Gasteiger partial charge is 0.488 e. The van der Waals surface area contributed by atoms with E-state index in [2.05, 4.69) is 77.4 Å². The van der Waals surface area contributed by atoms with E-state index in [1.807, 2.05) is 12.1 Å². The zero-order chi connectivity index (χ0) is 20.2. The lowest BCUT2D eigenvalue weighted by Gasteiger charge is -2.12. The summed E-state index contributed by atoms with van der Waals surface area (Å²) in [5.41, 5.74) is 3.77. The zero-order valence-corrected chi connectivity index (χ0v) is 16.2. The van der Waals surface area contributed by atoms with Crippen LogP contribution in [0.5, 0.6) is 0 Å². The SMILES string of the molecule is OB(O)c1ccc(-n2c3ccccc3c3c4ccccc4c4ccccc4c32)cc1. The first-order valence-corrected chi connectivity index (χ1v) is 10.0. The lowest BCUT2D eigenvalue weighted by Crippen LogP contribution is -2.29. The molecule has 0 atom stereocenters. The number of nitrogens with zero attached hydrogens (tertiary/aromatic N) is 1. The number of para-hydroxylation sites is 1. The summed E-state index contributed by atoms with van der Waals surface area (Å²) in [6.45, 7) is 0. The third-order valence-corrected chi connectivity index (χ3v) is 5.99. The van der Waals surface area contributed by atoms with Crippen LogP contribution in [-0.4, -0.2) is 21.7 Å². The second-order valence-corrected chi connectivity index (χ2v) is 7.63. The fraction of sp³-hybridized carbons (Fsp3) is 0. The maximum absolute atomic E-state index is 9.50. The molecule has 0 aliphatic rings. The Kier molecular flexibility index (Phi) is 3.72. The molecule has 5 aromatic carbocycles. The van der Waals surface area contributed by atoms with Crippen LogP contribution in [0.2, 0.25) is 0 Å². The van der Waals surface area contributed by atoms with Crippen molar-refractivity contribution < 1.29 is 10.0 Å².